The number of esters is 2. The number of nitriles is 1. The van der Waals surface area contributed by atoms with E-state index in [1.54, 1.807) is 19.1 Å². The predicted octanol–water partition coefficient (Wildman–Crippen LogP) is 6.93. The number of benzene rings is 3. The van der Waals surface area contributed by atoms with Crippen LogP contribution in [0, 0.1) is 17.9 Å². The van der Waals surface area contributed by atoms with Crippen molar-refractivity contribution in [3.05, 3.63) is 99.9 Å². The van der Waals surface area contributed by atoms with Gasteiger partial charge in [0.05, 0.1) is 31.3 Å². The van der Waals surface area contributed by atoms with E-state index in [2.05, 4.69) is 25.7 Å². The molecule has 0 radical (unpaired) electrons. The van der Waals surface area contributed by atoms with Crippen molar-refractivity contribution < 1.29 is 23.9 Å². The number of carbonyl (C=O) groups is 2. The second kappa shape index (κ2) is 19.5. The number of likely N-dealkylation sites (N-methyl/N-ethyl adjacent to an activating group) is 2. The molecule has 3 rings (SSSR count). The van der Waals surface area contributed by atoms with Crippen LogP contribution in [0.25, 0.3) is 29.1 Å². The minimum atomic E-state index is -0.576. The highest BCUT2D eigenvalue weighted by Crippen LogP contribution is 2.28. The molecule has 3 aromatic rings. The summed E-state index contributed by atoms with van der Waals surface area (Å²) in [6.45, 7) is 16.3. The first-order chi connectivity index (χ1) is 23.3. The fourth-order valence-corrected chi connectivity index (χ4v) is 4.77. The molecule has 3 aromatic carbocycles. The van der Waals surface area contributed by atoms with Crippen LogP contribution in [-0.2, 0) is 23.9 Å². The number of rotatable bonds is 17. The van der Waals surface area contributed by atoms with E-state index in [9.17, 15) is 19.6 Å². The second-order valence-electron chi connectivity index (χ2n) is 10.4. The fourth-order valence-electron chi connectivity index (χ4n) is 4.77. The van der Waals surface area contributed by atoms with Gasteiger partial charge in [-0.05, 0) is 72.5 Å². The van der Waals surface area contributed by atoms with Crippen LogP contribution in [-0.4, -0.2) is 64.0 Å². The van der Waals surface area contributed by atoms with Gasteiger partial charge in [0.15, 0.2) is 5.69 Å². The Morgan fingerprint density at radius 2 is 1.33 bits per heavy atom. The summed E-state index contributed by atoms with van der Waals surface area (Å²) in [5, 5.41) is 9.90. The molecule has 0 aliphatic heterocycles. The van der Waals surface area contributed by atoms with Crippen LogP contribution in [0.1, 0.15) is 55.0 Å². The average Bonchev–Trinajstić information content (AvgIpc) is 3.12. The van der Waals surface area contributed by atoms with Crippen molar-refractivity contribution in [3.8, 4) is 6.07 Å². The van der Waals surface area contributed by atoms with Gasteiger partial charge in [0.25, 0.3) is 0 Å². The van der Waals surface area contributed by atoms with Gasteiger partial charge >= 0.3 is 11.9 Å². The Morgan fingerprint density at radius 3 is 1.79 bits per heavy atom. The lowest BCUT2D eigenvalue weighted by Crippen LogP contribution is -2.28. The highest BCUT2D eigenvalue weighted by Gasteiger charge is 2.10. The van der Waals surface area contributed by atoms with Crippen LogP contribution in [0.2, 0.25) is 0 Å². The van der Waals surface area contributed by atoms with Crippen LogP contribution >= 0.6 is 0 Å². The summed E-state index contributed by atoms with van der Waals surface area (Å²) in [4.78, 5) is 44.2. The Balaban J connectivity index is 1.68. The monoisotopic (exact) mass is 645 g/mol. The number of anilines is 2. The average molecular weight is 646 g/mol. The maximum absolute atomic E-state index is 11.5. The Morgan fingerprint density at radius 1 is 0.812 bits per heavy atom. The Labute approximate surface area is 282 Å². The number of nitrogens with zero attached hydrogens (tertiary/aromatic N) is 5. The van der Waals surface area contributed by atoms with Gasteiger partial charge in [-0.2, -0.15) is 10.3 Å². The van der Waals surface area contributed by atoms with Crippen molar-refractivity contribution in [2.45, 2.75) is 27.2 Å². The lowest BCUT2D eigenvalue weighted by atomic mass is 10.0. The first kappa shape index (κ1) is 36.5. The van der Waals surface area contributed by atoms with E-state index in [0.717, 1.165) is 29.0 Å². The summed E-state index contributed by atoms with van der Waals surface area (Å²) in [6, 6.07) is 21.5. The normalized spacial score (nSPS) is 10.6. The van der Waals surface area contributed by atoms with Gasteiger partial charge in [-0.1, -0.05) is 55.5 Å². The Bertz CT molecular complexity index is 1730. The molecule has 0 spiro atoms. The smallest absolute Gasteiger partial charge is 0.328 e. The van der Waals surface area contributed by atoms with Gasteiger partial charge in [0, 0.05) is 30.9 Å². The lowest BCUT2D eigenvalue weighted by Gasteiger charge is -2.23. The van der Waals surface area contributed by atoms with Crippen molar-refractivity contribution in [2.75, 3.05) is 55.7 Å². The molecule has 0 unspecified atom stereocenters. The van der Waals surface area contributed by atoms with Crippen molar-refractivity contribution in [1.82, 2.24) is 0 Å². The van der Waals surface area contributed by atoms with E-state index >= 15 is 0 Å². The van der Waals surface area contributed by atoms with Crippen molar-refractivity contribution in [1.29, 1.82) is 5.26 Å². The van der Waals surface area contributed by atoms with Gasteiger partial charge in [0.1, 0.15) is 19.8 Å². The first-order valence-corrected chi connectivity index (χ1v) is 15.7. The molecule has 10 heteroatoms. The molecule has 0 heterocycles. The molecule has 0 fully saturated rings. The maximum atomic E-state index is 11.5. The second-order valence-corrected chi connectivity index (χ2v) is 10.4. The summed E-state index contributed by atoms with van der Waals surface area (Å²) in [7, 11) is 0. The van der Waals surface area contributed by atoms with E-state index in [0.29, 0.717) is 55.0 Å². The molecule has 0 saturated heterocycles. The third kappa shape index (κ3) is 11.1. The highest BCUT2D eigenvalue weighted by atomic mass is 16.5. The highest BCUT2D eigenvalue weighted by molar-refractivity contribution is 5.83. The summed E-state index contributed by atoms with van der Waals surface area (Å²) >= 11 is 0. The zero-order chi connectivity index (χ0) is 34.7. The number of isocyanates is 1. The zero-order valence-corrected chi connectivity index (χ0v) is 27.5. The first-order valence-electron chi connectivity index (χ1n) is 15.7. The molecular formula is C38H39N5O5. The molecule has 0 aromatic heterocycles. The quantitative estimate of drug-likeness (QED) is 0.0510. The summed E-state index contributed by atoms with van der Waals surface area (Å²) in [5.74, 6) is -0.784. The molecular weight excluding hydrogens is 606 g/mol. The van der Waals surface area contributed by atoms with Crippen LogP contribution in [0.3, 0.4) is 0 Å². The van der Waals surface area contributed by atoms with Gasteiger partial charge in [-0.15, -0.1) is 0 Å². The molecule has 48 heavy (non-hydrogen) atoms. The summed E-state index contributed by atoms with van der Waals surface area (Å²) in [5.41, 5.74) is 6.03. The predicted molar refractivity (Wildman–Crippen MR) is 189 cm³/mol. The van der Waals surface area contributed by atoms with Gasteiger partial charge in [0.2, 0.25) is 6.08 Å². The number of hydrogen-bond donors (Lipinski definition) is 0. The van der Waals surface area contributed by atoms with Crippen LogP contribution in [0.5, 0.6) is 0 Å². The summed E-state index contributed by atoms with van der Waals surface area (Å²) in [6.07, 6.45) is 9.16. The fraction of sp³-hybridized carbons (Fsp3) is 0.289. The van der Waals surface area contributed by atoms with Gasteiger partial charge in [-0.3, -0.25) is 9.59 Å². The van der Waals surface area contributed by atoms with E-state index in [-0.39, 0.29) is 19.1 Å². The van der Waals surface area contributed by atoms with Crippen molar-refractivity contribution in [2.24, 2.45) is 4.99 Å². The van der Waals surface area contributed by atoms with Gasteiger partial charge < -0.3 is 19.3 Å². The van der Waals surface area contributed by atoms with E-state index in [1.807, 2.05) is 86.7 Å². The number of ether oxygens (including phenoxy) is 2. The molecule has 0 aliphatic rings. The third-order valence-corrected chi connectivity index (χ3v) is 7.44. The van der Waals surface area contributed by atoms with Crippen molar-refractivity contribution >= 4 is 59.4 Å². The molecule has 10 nitrogen and oxygen atoms in total. The topological polar surface area (TPSA) is 117 Å². The molecule has 246 valence electrons. The molecule has 0 amide bonds. The molecule has 0 N–H and O–H groups in total. The minimum absolute atomic E-state index is 0.165. The number of aliphatic imine (C=N–C) groups is 1. The minimum Gasteiger partial charge on any atom is -0.464 e. The molecule has 0 aliphatic carbocycles. The van der Waals surface area contributed by atoms with E-state index in [1.165, 1.54) is 6.08 Å². The number of carbonyl (C=O) groups excluding carboxylic acids is 3. The maximum Gasteiger partial charge on any atom is 0.328 e. The standard InChI is InChI=1S/C38H39N5O5/c1-5-37(45)47-22-20-42(6-2)34-16-10-29(11-17-34)8-14-31-25-36(40-4)32(24-33(31)26-39)15-9-30-12-18-35(19-13-30)43(7-3)21-23-48-38(46)27-41-28-44/h8-19,24-25H,5-7,20-23,27H2,1-3H3/b14-8+,15-9+. The SMILES string of the molecule is [C-]#[N+]c1cc(/C=C/c2ccc(N(CC)CCOC(=O)CC)cc2)c(C#N)cc1/C=C/c1ccc(N(CC)CCOC(=O)CN=C=O)cc1. The number of hydrogen-bond acceptors (Lipinski definition) is 9. The van der Waals surface area contributed by atoms with E-state index in [4.69, 9.17) is 16.0 Å². The zero-order valence-electron chi connectivity index (χ0n) is 27.5. The van der Waals surface area contributed by atoms with Crippen LogP contribution in [0.15, 0.2) is 65.7 Å². The Hall–Kier alpha value is -5.96. The van der Waals surface area contributed by atoms with Crippen LogP contribution < -0.4 is 9.80 Å². The molecule has 0 saturated carbocycles. The van der Waals surface area contributed by atoms with E-state index < -0.39 is 5.97 Å². The summed E-state index contributed by atoms with van der Waals surface area (Å²) < 4.78 is 10.3. The molecule has 0 atom stereocenters. The van der Waals surface area contributed by atoms with Crippen molar-refractivity contribution in [3.63, 3.8) is 0 Å². The Kier molecular flexibility index (Phi) is 14.9. The molecule has 0 bridgehead atoms. The van der Waals surface area contributed by atoms with Crippen LogP contribution in [0.4, 0.5) is 17.1 Å². The lowest BCUT2D eigenvalue weighted by molar-refractivity contribution is -0.143. The van der Waals surface area contributed by atoms with Gasteiger partial charge in [-0.25, -0.2) is 9.64 Å². The largest absolute Gasteiger partial charge is 0.464 e. The third-order valence-electron chi connectivity index (χ3n) is 7.44.